The van der Waals surface area contributed by atoms with Crippen LogP contribution in [0.3, 0.4) is 0 Å². The van der Waals surface area contributed by atoms with Gasteiger partial charge in [0, 0.05) is 23.7 Å². The lowest BCUT2D eigenvalue weighted by molar-refractivity contribution is -0.137. The third-order valence-electron chi connectivity index (χ3n) is 6.26. The number of amides is 2. The van der Waals surface area contributed by atoms with Crippen molar-refractivity contribution in [3.8, 4) is 0 Å². The number of benzene rings is 2. The van der Waals surface area contributed by atoms with Crippen LogP contribution in [0.15, 0.2) is 60.8 Å². The summed E-state index contributed by atoms with van der Waals surface area (Å²) in [6.45, 7) is 0. The van der Waals surface area contributed by atoms with Crippen molar-refractivity contribution in [1.82, 2.24) is 15.6 Å². The number of hydrogen-bond donors (Lipinski definition) is 2. The van der Waals surface area contributed by atoms with Gasteiger partial charge in [-0.05, 0) is 66.4 Å². The molecular formula is C26H23Cl2F4N3O. The molecule has 10 heteroatoms. The number of nitrogens with zero attached hydrogens (tertiary/aromatic N) is 1. The normalized spacial score (nSPS) is 15.9. The molecular weight excluding hydrogens is 517 g/mol. The largest absolute Gasteiger partial charge is 0.416 e. The molecule has 2 aromatic carbocycles. The van der Waals surface area contributed by atoms with Crippen molar-refractivity contribution >= 4 is 29.2 Å². The molecule has 0 aliphatic heterocycles. The molecule has 1 atom stereocenters. The van der Waals surface area contributed by atoms with E-state index in [1.54, 1.807) is 24.3 Å². The van der Waals surface area contributed by atoms with Crippen LogP contribution in [0.4, 0.5) is 22.4 Å². The van der Waals surface area contributed by atoms with Gasteiger partial charge in [-0.25, -0.2) is 9.18 Å². The van der Waals surface area contributed by atoms with Gasteiger partial charge in [-0.1, -0.05) is 48.2 Å². The van der Waals surface area contributed by atoms with E-state index in [1.807, 2.05) is 0 Å². The first kappa shape index (κ1) is 26.2. The Kier molecular flexibility index (Phi) is 7.76. The topological polar surface area (TPSA) is 54.0 Å². The van der Waals surface area contributed by atoms with E-state index in [2.05, 4.69) is 15.6 Å². The van der Waals surface area contributed by atoms with Crippen LogP contribution >= 0.6 is 23.2 Å². The van der Waals surface area contributed by atoms with Gasteiger partial charge in [0.05, 0.1) is 16.3 Å². The quantitative estimate of drug-likeness (QED) is 0.323. The monoisotopic (exact) mass is 539 g/mol. The van der Waals surface area contributed by atoms with E-state index in [-0.39, 0.29) is 23.7 Å². The lowest BCUT2D eigenvalue weighted by Gasteiger charge is -2.36. The molecule has 0 unspecified atom stereocenters. The summed E-state index contributed by atoms with van der Waals surface area (Å²) in [4.78, 5) is 17.6. The van der Waals surface area contributed by atoms with Crippen LogP contribution in [0.2, 0.25) is 10.0 Å². The number of hydrogen-bond acceptors (Lipinski definition) is 2. The van der Waals surface area contributed by atoms with Gasteiger partial charge in [-0.15, -0.1) is 0 Å². The highest BCUT2D eigenvalue weighted by molar-refractivity contribution is 6.30. The molecule has 1 aliphatic carbocycles. The molecule has 1 heterocycles. The Morgan fingerprint density at radius 1 is 0.972 bits per heavy atom. The average molecular weight is 540 g/mol. The number of halogens is 6. The van der Waals surface area contributed by atoms with Gasteiger partial charge in [-0.3, -0.25) is 4.98 Å². The van der Waals surface area contributed by atoms with Crippen LogP contribution in [-0.4, -0.2) is 17.1 Å². The van der Waals surface area contributed by atoms with Gasteiger partial charge < -0.3 is 10.6 Å². The summed E-state index contributed by atoms with van der Waals surface area (Å²) >= 11 is 12.2. The number of carbonyl (C=O) groups is 1. The van der Waals surface area contributed by atoms with E-state index in [9.17, 15) is 22.4 Å². The zero-order chi connectivity index (χ0) is 25.9. The van der Waals surface area contributed by atoms with Crippen LogP contribution in [0.1, 0.15) is 48.1 Å². The second-order valence-electron chi connectivity index (χ2n) is 8.88. The summed E-state index contributed by atoms with van der Waals surface area (Å²) in [5.74, 6) is -1.10. The Morgan fingerprint density at radius 3 is 2.33 bits per heavy atom. The molecule has 2 N–H and O–H groups in total. The number of aromatic nitrogens is 1. The lowest BCUT2D eigenvalue weighted by atomic mass is 9.79. The maximum atomic E-state index is 14.6. The highest BCUT2D eigenvalue weighted by Crippen LogP contribution is 2.38. The van der Waals surface area contributed by atoms with Crippen LogP contribution < -0.4 is 10.6 Å². The predicted octanol–water partition coefficient (Wildman–Crippen LogP) is 7.27. The fourth-order valence-electron chi connectivity index (χ4n) is 4.59. The first-order valence-electron chi connectivity index (χ1n) is 11.4. The minimum Gasteiger partial charge on any atom is -0.335 e. The summed E-state index contributed by atoms with van der Waals surface area (Å²) in [6, 6.07) is 11.3. The molecule has 1 saturated carbocycles. The van der Waals surface area contributed by atoms with Crippen molar-refractivity contribution in [2.75, 3.05) is 0 Å². The van der Waals surface area contributed by atoms with Crippen LogP contribution in [0, 0.1) is 5.82 Å². The third-order valence-corrected chi connectivity index (χ3v) is 6.72. The van der Waals surface area contributed by atoms with Gasteiger partial charge in [-0.2, -0.15) is 13.2 Å². The minimum atomic E-state index is -4.81. The van der Waals surface area contributed by atoms with Crippen molar-refractivity contribution in [3.63, 3.8) is 0 Å². The number of nitrogens with one attached hydrogen (secondary N) is 2. The van der Waals surface area contributed by atoms with Gasteiger partial charge in [0.25, 0.3) is 0 Å². The first-order valence-corrected chi connectivity index (χ1v) is 12.1. The predicted molar refractivity (Wildman–Crippen MR) is 131 cm³/mol. The Hall–Kier alpha value is -2.84. The number of pyridine rings is 1. The molecule has 190 valence electrons. The van der Waals surface area contributed by atoms with Crippen molar-refractivity contribution in [1.29, 1.82) is 0 Å². The summed E-state index contributed by atoms with van der Waals surface area (Å²) in [5.41, 5.74) is -2.20. The standard InChI is InChI=1S/C26H23Cl2F4N3O/c27-19-5-3-4-16(10-19)14-25(23-9-8-20(28)15-33-23,35-24(36)34-22-6-1-2-7-22)17-11-18(26(30,31)32)13-21(29)12-17/h3-5,8-13,15,22H,1-2,6-7,14H2,(H2,34,35,36)/t25-/m1/s1. The highest BCUT2D eigenvalue weighted by Gasteiger charge is 2.41. The lowest BCUT2D eigenvalue weighted by Crippen LogP contribution is -2.54. The number of urea groups is 1. The summed E-state index contributed by atoms with van der Waals surface area (Å²) < 4.78 is 55.7. The molecule has 1 aromatic heterocycles. The molecule has 1 fully saturated rings. The maximum Gasteiger partial charge on any atom is 0.416 e. The second kappa shape index (κ2) is 10.6. The Bertz CT molecular complexity index is 1230. The molecule has 0 saturated heterocycles. The third kappa shape index (κ3) is 6.10. The van der Waals surface area contributed by atoms with Gasteiger partial charge in [0.2, 0.25) is 0 Å². The number of rotatable bonds is 6. The average Bonchev–Trinajstić information content (AvgIpc) is 3.31. The summed E-state index contributed by atoms with van der Waals surface area (Å²) in [7, 11) is 0. The molecule has 3 aromatic rings. The zero-order valence-electron chi connectivity index (χ0n) is 19.0. The Balaban J connectivity index is 1.90. The Labute approximate surface area is 216 Å². The van der Waals surface area contributed by atoms with Crippen LogP contribution in [0.5, 0.6) is 0 Å². The molecule has 2 amide bonds. The van der Waals surface area contributed by atoms with E-state index in [0.29, 0.717) is 21.7 Å². The van der Waals surface area contributed by atoms with Crippen molar-refractivity contribution in [2.24, 2.45) is 0 Å². The maximum absolute atomic E-state index is 14.6. The van der Waals surface area contributed by atoms with E-state index >= 15 is 0 Å². The zero-order valence-corrected chi connectivity index (χ0v) is 20.5. The molecule has 0 bridgehead atoms. The van der Waals surface area contributed by atoms with Gasteiger partial charge in [0.1, 0.15) is 11.4 Å². The Morgan fingerprint density at radius 2 is 1.69 bits per heavy atom. The van der Waals surface area contributed by atoms with Crippen LogP contribution in [-0.2, 0) is 18.1 Å². The minimum absolute atomic E-state index is 0.0545. The van der Waals surface area contributed by atoms with E-state index in [1.165, 1.54) is 18.3 Å². The number of carbonyl (C=O) groups excluding carboxylic acids is 1. The van der Waals surface area contributed by atoms with Crippen molar-refractivity contribution in [3.05, 3.63) is 99.0 Å². The molecule has 36 heavy (non-hydrogen) atoms. The SMILES string of the molecule is O=C(NC1CCCC1)N[C@](Cc1cccc(Cl)c1)(c1cc(F)cc(C(F)(F)F)c1)c1ccc(Cl)cn1. The first-order chi connectivity index (χ1) is 17.0. The van der Waals surface area contributed by atoms with Gasteiger partial charge >= 0.3 is 12.2 Å². The fourth-order valence-corrected chi connectivity index (χ4v) is 4.91. The molecule has 0 radical (unpaired) electrons. The van der Waals surface area contributed by atoms with Gasteiger partial charge in [0.15, 0.2) is 0 Å². The number of alkyl halides is 3. The van der Waals surface area contributed by atoms with Crippen LogP contribution in [0.25, 0.3) is 0 Å². The smallest absolute Gasteiger partial charge is 0.335 e. The highest BCUT2D eigenvalue weighted by atomic mass is 35.5. The summed E-state index contributed by atoms with van der Waals surface area (Å²) in [5, 5.41) is 6.44. The second-order valence-corrected chi connectivity index (χ2v) is 9.75. The molecule has 4 nitrogen and oxygen atoms in total. The van der Waals surface area contributed by atoms with E-state index in [0.717, 1.165) is 37.8 Å². The molecule has 0 spiro atoms. The van der Waals surface area contributed by atoms with E-state index in [4.69, 9.17) is 23.2 Å². The fraction of sp³-hybridized carbons (Fsp3) is 0.308. The van der Waals surface area contributed by atoms with E-state index < -0.39 is 29.1 Å². The molecule has 4 rings (SSSR count). The molecule has 1 aliphatic rings. The van der Waals surface area contributed by atoms with Crippen molar-refractivity contribution in [2.45, 2.75) is 49.9 Å². The summed E-state index contributed by atoms with van der Waals surface area (Å²) in [6.07, 6.45) is -0.00606. The van der Waals surface area contributed by atoms with Crippen molar-refractivity contribution < 1.29 is 22.4 Å².